The van der Waals surface area contributed by atoms with E-state index in [1.807, 2.05) is 46.1 Å². The highest BCUT2D eigenvalue weighted by atomic mass is 16.5. The van der Waals surface area contributed by atoms with Gasteiger partial charge in [0.1, 0.15) is 0 Å². The third-order valence-electron chi connectivity index (χ3n) is 4.81. The molecule has 0 bridgehead atoms. The first-order chi connectivity index (χ1) is 13.6. The minimum atomic E-state index is -0.768. The summed E-state index contributed by atoms with van der Waals surface area (Å²) in [6.45, 7) is 3.80. The Hall–Kier alpha value is -2.89. The van der Waals surface area contributed by atoms with Gasteiger partial charge in [0.05, 0.1) is 12.7 Å². The predicted molar refractivity (Wildman–Crippen MR) is 107 cm³/mol. The zero-order chi connectivity index (χ0) is 19.8. The van der Waals surface area contributed by atoms with Crippen molar-refractivity contribution >= 4 is 18.0 Å². The van der Waals surface area contributed by atoms with Gasteiger partial charge in [-0.3, -0.25) is 9.48 Å². The van der Waals surface area contributed by atoms with Gasteiger partial charge in [0.15, 0.2) is 6.10 Å². The molecular formula is C22H27N3O3. The minimum absolute atomic E-state index is 0.112. The maximum atomic E-state index is 12.4. The molecule has 1 amide bonds. The van der Waals surface area contributed by atoms with Crippen LogP contribution < -0.4 is 0 Å². The van der Waals surface area contributed by atoms with Gasteiger partial charge in [0.25, 0.3) is 5.91 Å². The SMILES string of the molecule is C[C@H](OC(=O)/C=C/c1cnn(Cc2ccccc2)c1)C(=O)N1CCCCCC1. The number of benzene rings is 1. The number of aromatic nitrogens is 2. The monoisotopic (exact) mass is 381 g/mol. The fourth-order valence-electron chi connectivity index (χ4n) is 3.30. The highest BCUT2D eigenvalue weighted by Crippen LogP contribution is 2.12. The second-order valence-corrected chi connectivity index (χ2v) is 7.11. The van der Waals surface area contributed by atoms with Crippen molar-refractivity contribution in [3.05, 3.63) is 59.9 Å². The van der Waals surface area contributed by atoms with Crippen molar-refractivity contribution < 1.29 is 14.3 Å². The molecule has 1 aromatic heterocycles. The van der Waals surface area contributed by atoms with Crippen molar-refractivity contribution in [2.75, 3.05) is 13.1 Å². The molecular weight excluding hydrogens is 354 g/mol. The molecule has 1 aliphatic heterocycles. The van der Waals surface area contributed by atoms with Crippen molar-refractivity contribution in [1.29, 1.82) is 0 Å². The fraction of sp³-hybridized carbons (Fsp3) is 0.409. The van der Waals surface area contributed by atoms with Crippen molar-refractivity contribution in [3.8, 4) is 0 Å². The number of carbonyl (C=O) groups is 2. The van der Waals surface area contributed by atoms with Crippen LogP contribution in [0.3, 0.4) is 0 Å². The molecule has 1 aromatic carbocycles. The van der Waals surface area contributed by atoms with Crippen LogP contribution in [0.2, 0.25) is 0 Å². The number of amides is 1. The van der Waals surface area contributed by atoms with E-state index in [0.29, 0.717) is 6.54 Å². The summed E-state index contributed by atoms with van der Waals surface area (Å²) in [6, 6.07) is 10.0. The summed E-state index contributed by atoms with van der Waals surface area (Å²) in [5.41, 5.74) is 1.96. The van der Waals surface area contributed by atoms with Crippen LogP contribution in [0.5, 0.6) is 0 Å². The van der Waals surface area contributed by atoms with Crippen LogP contribution >= 0.6 is 0 Å². The van der Waals surface area contributed by atoms with E-state index < -0.39 is 12.1 Å². The van der Waals surface area contributed by atoms with E-state index in [-0.39, 0.29) is 5.91 Å². The van der Waals surface area contributed by atoms with Crippen LogP contribution in [-0.2, 0) is 20.9 Å². The van der Waals surface area contributed by atoms with Crippen LogP contribution in [0.25, 0.3) is 6.08 Å². The lowest BCUT2D eigenvalue weighted by atomic mass is 10.2. The highest BCUT2D eigenvalue weighted by molar-refractivity contribution is 5.90. The summed E-state index contributed by atoms with van der Waals surface area (Å²) in [7, 11) is 0. The topological polar surface area (TPSA) is 64.4 Å². The van der Waals surface area contributed by atoms with Gasteiger partial charge in [0, 0.05) is 30.9 Å². The van der Waals surface area contributed by atoms with Crippen molar-refractivity contribution in [1.82, 2.24) is 14.7 Å². The lowest BCUT2D eigenvalue weighted by Crippen LogP contribution is -2.40. The third kappa shape index (κ3) is 5.81. The Bertz CT molecular complexity index is 805. The first-order valence-electron chi connectivity index (χ1n) is 9.86. The number of rotatable bonds is 6. The molecule has 3 rings (SSSR count). The molecule has 1 aliphatic rings. The molecule has 0 unspecified atom stereocenters. The van der Waals surface area contributed by atoms with Crippen molar-refractivity contribution in [2.45, 2.75) is 45.3 Å². The molecule has 6 nitrogen and oxygen atoms in total. The third-order valence-corrected chi connectivity index (χ3v) is 4.81. The molecule has 2 heterocycles. The summed E-state index contributed by atoms with van der Waals surface area (Å²) in [4.78, 5) is 26.3. The number of nitrogens with zero attached hydrogens (tertiary/aromatic N) is 3. The molecule has 1 saturated heterocycles. The lowest BCUT2D eigenvalue weighted by molar-refractivity contribution is -0.155. The second-order valence-electron chi connectivity index (χ2n) is 7.11. The van der Waals surface area contributed by atoms with Gasteiger partial charge >= 0.3 is 5.97 Å². The zero-order valence-electron chi connectivity index (χ0n) is 16.3. The maximum absolute atomic E-state index is 12.4. The van der Waals surface area contributed by atoms with Gasteiger partial charge in [-0.05, 0) is 31.4 Å². The molecule has 0 aliphatic carbocycles. The van der Waals surface area contributed by atoms with Gasteiger partial charge < -0.3 is 9.64 Å². The Morgan fingerprint density at radius 1 is 1.14 bits per heavy atom. The van der Waals surface area contributed by atoms with E-state index in [2.05, 4.69) is 5.10 Å². The Labute approximate surface area is 165 Å². The molecule has 1 atom stereocenters. The van der Waals surface area contributed by atoms with E-state index >= 15 is 0 Å². The lowest BCUT2D eigenvalue weighted by Gasteiger charge is -2.23. The van der Waals surface area contributed by atoms with Gasteiger partial charge in [0.2, 0.25) is 0 Å². The van der Waals surface area contributed by atoms with Crippen LogP contribution in [0.4, 0.5) is 0 Å². The molecule has 2 aromatic rings. The number of hydrogen-bond donors (Lipinski definition) is 0. The summed E-state index contributed by atoms with van der Waals surface area (Å²) in [5.74, 6) is -0.634. The summed E-state index contributed by atoms with van der Waals surface area (Å²) in [5, 5.41) is 4.30. The highest BCUT2D eigenvalue weighted by Gasteiger charge is 2.23. The average molecular weight is 381 g/mol. The molecule has 6 heteroatoms. The average Bonchev–Trinajstić information content (AvgIpc) is 2.97. The predicted octanol–water partition coefficient (Wildman–Crippen LogP) is 3.28. The Balaban J connectivity index is 1.50. The first-order valence-corrected chi connectivity index (χ1v) is 9.86. The van der Waals surface area contributed by atoms with Gasteiger partial charge in [-0.25, -0.2) is 4.79 Å². The van der Waals surface area contributed by atoms with E-state index in [4.69, 9.17) is 4.74 Å². The molecule has 0 spiro atoms. The molecule has 0 N–H and O–H groups in total. The Morgan fingerprint density at radius 3 is 2.57 bits per heavy atom. The van der Waals surface area contributed by atoms with Crippen molar-refractivity contribution in [2.24, 2.45) is 0 Å². The van der Waals surface area contributed by atoms with E-state index in [1.165, 1.54) is 6.08 Å². The standard InChI is InChI=1S/C22H27N3O3/c1-18(22(27)24-13-7-2-3-8-14-24)28-21(26)12-11-20-15-23-25(17-20)16-19-9-5-4-6-10-19/h4-6,9-12,15,17-18H,2-3,7-8,13-14,16H2,1H3/b12-11+/t18-/m0/s1. The van der Waals surface area contributed by atoms with Gasteiger partial charge in [-0.1, -0.05) is 43.2 Å². The van der Waals surface area contributed by atoms with Gasteiger partial charge in [-0.2, -0.15) is 5.10 Å². The van der Waals surface area contributed by atoms with Crippen molar-refractivity contribution in [3.63, 3.8) is 0 Å². The second kappa shape index (κ2) is 9.88. The minimum Gasteiger partial charge on any atom is -0.449 e. The molecule has 28 heavy (non-hydrogen) atoms. The molecule has 0 radical (unpaired) electrons. The zero-order valence-corrected chi connectivity index (χ0v) is 16.3. The summed E-state index contributed by atoms with van der Waals surface area (Å²) >= 11 is 0. The summed E-state index contributed by atoms with van der Waals surface area (Å²) in [6.07, 6.45) is 10.1. The van der Waals surface area contributed by atoms with Crippen LogP contribution in [0, 0.1) is 0 Å². The first kappa shape index (κ1) is 19.9. The van der Waals surface area contributed by atoms with Crippen LogP contribution in [-0.4, -0.2) is 45.8 Å². The normalized spacial score (nSPS) is 16.0. The Morgan fingerprint density at radius 2 is 1.86 bits per heavy atom. The smallest absolute Gasteiger partial charge is 0.331 e. The molecule has 1 fully saturated rings. The molecule has 148 valence electrons. The van der Waals surface area contributed by atoms with Crippen LogP contribution in [0.1, 0.15) is 43.7 Å². The number of ether oxygens (including phenoxy) is 1. The molecule has 0 saturated carbocycles. The fourth-order valence-corrected chi connectivity index (χ4v) is 3.30. The van der Waals surface area contributed by atoms with E-state index in [0.717, 1.165) is 49.9 Å². The number of esters is 1. The quantitative estimate of drug-likeness (QED) is 0.569. The number of hydrogen-bond acceptors (Lipinski definition) is 4. The summed E-state index contributed by atoms with van der Waals surface area (Å²) < 4.78 is 7.10. The number of carbonyl (C=O) groups excluding carboxylic acids is 2. The van der Waals surface area contributed by atoms with E-state index in [9.17, 15) is 9.59 Å². The largest absolute Gasteiger partial charge is 0.449 e. The van der Waals surface area contributed by atoms with Crippen LogP contribution in [0.15, 0.2) is 48.8 Å². The van der Waals surface area contributed by atoms with E-state index in [1.54, 1.807) is 19.2 Å². The maximum Gasteiger partial charge on any atom is 0.331 e. The Kier molecular flexibility index (Phi) is 7.00. The number of likely N-dealkylation sites (tertiary alicyclic amines) is 1. The van der Waals surface area contributed by atoms with Gasteiger partial charge in [-0.15, -0.1) is 0 Å².